The van der Waals surface area contributed by atoms with Crippen LogP contribution in [0.2, 0.25) is 0 Å². The number of hydrogen-bond donors (Lipinski definition) is 0. The second-order valence-corrected chi connectivity index (χ2v) is 20.7. The molecule has 0 saturated carbocycles. The molecule has 0 bridgehead atoms. The first kappa shape index (κ1) is 51.7. The van der Waals surface area contributed by atoms with E-state index in [0.29, 0.717) is 17.3 Å². The van der Waals surface area contributed by atoms with Gasteiger partial charge in [-0.1, -0.05) is 194 Å². The molecule has 0 aliphatic heterocycles. The van der Waals surface area contributed by atoms with Gasteiger partial charge < -0.3 is 4.74 Å². The molecular formula is C79H53N5O. The molecule has 0 radical (unpaired) electrons. The summed E-state index contributed by atoms with van der Waals surface area (Å²) in [5.74, 6) is 1.94. The molecule has 14 aromatic rings. The van der Waals surface area contributed by atoms with E-state index in [4.69, 9.17) is 14.7 Å². The van der Waals surface area contributed by atoms with E-state index in [0.717, 1.165) is 128 Å². The van der Waals surface area contributed by atoms with E-state index in [1.165, 1.54) is 0 Å². The number of benzene rings is 10. The molecule has 85 heavy (non-hydrogen) atoms. The highest BCUT2D eigenvalue weighted by Crippen LogP contribution is 2.48. The lowest BCUT2D eigenvalue weighted by atomic mass is 9.84. The Morgan fingerprint density at radius 3 is 1.01 bits per heavy atom. The second-order valence-electron chi connectivity index (χ2n) is 20.7. The van der Waals surface area contributed by atoms with Gasteiger partial charge in [0.05, 0.1) is 17.1 Å². The molecule has 4 aromatic heterocycles. The molecule has 0 fully saturated rings. The monoisotopic (exact) mass is 1090 g/mol. The quantitative estimate of drug-likeness (QED) is 0.108. The number of aromatic nitrogens is 5. The van der Waals surface area contributed by atoms with Crippen molar-refractivity contribution in [1.29, 1.82) is 0 Å². The fraction of sp³-hybridized carbons (Fsp3) is 0. The van der Waals surface area contributed by atoms with Crippen LogP contribution >= 0.6 is 0 Å². The van der Waals surface area contributed by atoms with Gasteiger partial charge in [-0.25, -0.2) is 9.97 Å². The first-order valence-electron chi connectivity index (χ1n) is 28.4. The summed E-state index contributed by atoms with van der Waals surface area (Å²) in [6.07, 6.45) is 9.05. The number of nitrogens with zero attached hydrogens (tertiary/aromatic N) is 5. The van der Waals surface area contributed by atoms with Crippen molar-refractivity contribution in [2.45, 2.75) is 0 Å². The van der Waals surface area contributed by atoms with Crippen molar-refractivity contribution in [3.8, 4) is 146 Å². The van der Waals surface area contributed by atoms with Gasteiger partial charge in [0.25, 0.3) is 0 Å². The van der Waals surface area contributed by atoms with Crippen molar-refractivity contribution >= 4 is 0 Å². The van der Waals surface area contributed by atoms with Crippen LogP contribution in [0.5, 0.6) is 11.5 Å². The van der Waals surface area contributed by atoms with Crippen molar-refractivity contribution in [2.24, 2.45) is 0 Å². The fourth-order valence-electron chi connectivity index (χ4n) is 11.5. The molecule has 6 heteroatoms. The van der Waals surface area contributed by atoms with Gasteiger partial charge in [0, 0.05) is 58.8 Å². The van der Waals surface area contributed by atoms with Crippen LogP contribution in [0.15, 0.2) is 322 Å². The predicted molar refractivity (Wildman–Crippen MR) is 347 cm³/mol. The summed E-state index contributed by atoms with van der Waals surface area (Å²) < 4.78 is 7.07. The molecule has 0 N–H and O–H groups in total. The van der Waals surface area contributed by atoms with E-state index in [1.807, 2.05) is 85.3 Å². The van der Waals surface area contributed by atoms with Gasteiger partial charge in [-0.15, -0.1) is 0 Å². The van der Waals surface area contributed by atoms with Gasteiger partial charge in [0.2, 0.25) is 0 Å². The Kier molecular flexibility index (Phi) is 14.3. The van der Waals surface area contributed by atoms with Gasteiger partial charge in [0.15, 0.2) is 5.82 Å². The van der Waals surface area contributed by atoms with E-state index in [1.54, 1.807) is 12.4 Å². The van der Waals surface area contributed by atoms with Crippen molar-refractivity contribution in [3.63, 3.8) is 0 Å². The molecular weight excluding hydrogens is 1030 g/mol. The summed E-state index contributed by atoms with van der Waals surface area (Å²) in [6, 6.07) is 102. The van der Waals surface area contributed by atoms with Gasteiger partial charge in [-0.3, -0.25) is 15.0 Å². The molecule has 0 spiro atoms. The van der Waals surface area contributed by atoms with Crippen LogP contribution < -0.4 is 4.74 Å². The standard InChI is InChI=1S/C79H53N5O/c1-3-21-54(22-4-1)73-51-57(76-34-14-17-43-81-76)36-39-70(73)67-30-10-7-27-64(67)60-47-61(65-28-8-11-31-68(65)71-40-37-58(77-35-15-18-44-82-77)52-74(71)55-23-5-2-6-24-55)49-62(48-60)66-29-9-12-32-69(66)72-41-38-59(79-83-45-20-46-84-79)53-78(72)85-63-26-19-25-56(50-63)75-33-13-16-42-80-75/h1-53H. The van der Waals surface area contributed by atoms with E-state index >= 15 is 0 Å². The van der Waals surface area contributed by atoms with Crippen LogP contribution in [0.4, 0.5) is 0 Å². The maximum atomic E-state index is 7.07. The number of ether oxygens (including phenoxy) is 1. The minimum atomic E-state index is 0.604. The summed E-state index contributed by atoms with van der Waals surface area (Å²) in [5, 5.41) is 0. The van der Waals surface area contributed by atoms with Gasteiger partial charge in [-0.05, 0) is 181 Å². The zero-order valence-corrected chi connectivity index (χ0v) is 46.2. The summed E-state index contributed by atoms with van der Waals surface area (Å²) in [4.78, 5) is 23.5. The molecule has 0 amide bonds. The zero-order valence-electron chi connectivity index (χ0n) is 46.2. The lowest BCUT2D eigenvalue weighted by Gasteiger charge is -2.20. The Bertz CT molecular complexity index is 4470. The Hall–Kier alpha value is -11.5. The summed E-state index contributed by atoms with van der Waals surface area (Å²) in [6.45, 7) is 0. The molecule has 6 nitrogen and oxygen atoms in total. The van der Waals surface area contributed by atoms with E-state index in [9.17, 15) is 0 Å². The third kappa shape index (κ3) is 10.8. The van der Waals surface area contributed by atoms with Gasteiger partial charge in [-0.2, -0.15) is 0 Å². The molecule has 0 unspecified atom stereocenters. The average molecular weight is 1090 g/mol. The lowest BCUT2D eigenvalue weighted by molar-refractivity contribution is 0.485. The van der Waals surface area contributed by atoms with Gasteiger partial charge >= 0.3 is 0 Å². The first-order chi connectivity index (χ1) is 42.1. The summed E-state index contributed by atoms with van der Waals surface area (Å²) in [7, 11) is 0. The lowest BCUT2D eigenvalue weighted by Crippen LogP contribution is -1.95. The molecule has 0 aliphatic rings. The molecule has 400 valence electrons. The molecule has 4 heterocycles. The van der Waals surface area contributed by atoms with Gasteiger partial charge in [0.1, 0.15) is 11.5 Å². The van der Waals surface area contributed by atoms with E-state index < -0.39 is 0 Å². The van der Waals surface area contributed by atoms with Crippen molar-refractivity contribution in [1.82, 2.24) is 24.9 Å². The SMILES string of the molecule is c1ccc(-c2cc(-c3ccccn3)ccc2-c2ccccc2-c2cc(-c3ccccc3-c3ccc(-c4ncccn4)cc3Oc3cccc(-c4ccccn4)c3)cc(-c3ccccc3-c3ccc(-c4ccccn4)cc3-c3ccccc3)c2)cc1. The zero-order chi connectivity index (χ0) is 56.7. The van der Waals surface area contributed by atoms with Crippen molar-refractivity contribution in [2.75, 3.05) is 0 Å². The number of hydrogen-bond acceptors (Lipinski definition) is 6. The maximum Gasteiger partial charge on any atom is 0.159 e. The topological polar surface area (TPSA) is 73.7 Å². The minimum Gasteiger partial charge on any atom is -0.457 e. The van der Waals surface area contributed by atoms with Crippen LogP contribution in [0.1, 0.15) is 0 Å². The molecule has 0 atom stereocenters. The van der Waals surface area contributed by atoms with Crippen LogP contribution in [0.3, 0.4) is 0 Å². The van der Waals surface area contributed by atoms with Crippen LogP contribution in [0, 0.1) is 0 Å². The van der Waals surface area contributed by atoms with Crippen molar-refractivity contribution in [3.05, 3.63) is 322 Å². The number of pyridine rings is 3. The third-order valence-corrected chi connectivity index (χ3v) is 15.5. The maximum absolute atomic E-state index is 7.07. The minimum absolute atomic E-state index is 0.604. The van der Waals surface area contributed by atoms with E-state index in [2.05, 4.69) is 239 Å². The first-order valence-corrected chi connectivity index (χ1v) is 28.4. The second kappa shape index (κ2) is 23.6. The number of rotatable bonds is 14. The highest BCUT2D eigenvalue weighted by molar-refractivity contribution is 5.99. The largest absolute Gasteiger partial charge is 0.457 e. The Morgan fingerprint density at radius 2 is 0.553 bits per heavy atom. The fourth-order valence-corrected chi connectivity index (χ4v) is 11.5. The van der Waals surface area contributed by atoms with Crippen LogP contribution in [-0.4, -0.2) is 24.9 Å². The third-order valence-electron chi connectivity index (χ3n) is 15.5. The smallest absolute Gasteiger partial charge is 0.159 e. The van der Waals surface area contributed by atoms with E-state index in [-0.39, 0.29) is 0 Å². The average Bonchev–Trinajstić information content (AvgIpc) is 2.74. The molecule has 10 aromatic carbocycles. The highest BCUT2D eigenvalue weighted by atomic mass is 16.5. The molecule has 0 aliphatic carbocycles. The predicted octanol–water partition coefficient (Wildman–Crippen LogP) is 20.5. The van der Waals surface area contributed by atoms with Crippen LogP contribution in [-0.2, 0) is 0 Å². The Labute approximate surface area is 494 Å². The molecule has 14 rings (SSSR count). The highest BCUT2D eigenvalue weighted by Gasteiger charge is 2.22. The van der Waals surface area contributed by atoms with Crippen LogP contribution in [0.25, 0.3) is 134 Å². The summed E-state index contributed by atoms with van der Waals surface area (Å²) >= 11 is 0. The molecule has 0 saturated heterocycles. The Balaban J connectivity index is 0.984. The normalized spacial score (nSPS) is 11.1. The van der Waals surface area contributed by atoms with Crippen molar-refractivity contribution < 1.29 is 4.74 Å². The summed E-state index contributed by atoms with van der Waals surface area (Å²) in [5.41, 5.74) is 23.8. The Morgan fingerprint density at radius 1 is 0.188 bits per heavy atom.